The largest absolute Gasteiger partial charge is 0.383 e. The summed E-state index contributed by atoms with van der Waals surface area (Å²) in [4.78, 5) is 20.5. The first-order valence-corrected chi connectivity index (χ1v) is 9.30. The molecule has 1 aliphatic heterocycles. The van der Waals surface area contributed by atoms with Crippen molar-refractivity contribution < 1.29 is 14.3 Å². The highest BCUT2D eigenvalue weighted by Crippen LogP contribution is 2.29. The van der Waals surface area contributed by atoms with Gasteiger partial charge in [0.1, 0.15) is 6.10 Å². The number of nitrogens with two attached hydrogens (primary N) is 1. The topological polar surface area (TPSA) is 121 Å². The third kappa shape index (κ3) is 3.61. The van der Waals surface area contributed by atoms with E-state index in [-0.39, 0.29) is 5.91 Å². The summed E-state index contributed by atoms with van der Waals surface area (Å²) in [6.07, 6.45) is -0.412. The molecule has 1 atom stereocenters. The molecule has 10 nitrogen and oxygen atoms in total. The SMILES string of the molecule is COCCn1nnc(C2CN(C(=O)c3cccc4nc(N)sc34)CCO2)n1. The first kappa shape index (κ1) is 17.8. The van der Waals surface area contributed by atoms with Crippen molar-refractivity contribution in [3.8, 4) is 0 Å². The lowest BCUT2D eigenvalue weighted by molar-refractivity contribution is -0.0269. The second-order valence-electron chi connectivity index (χ2n) is 6.05. The zero-order chi connectivity index (χ0) is 18.8. The number of morpholine rings is 1. The van der Waals surface area contributed by atoms with Crippen molar-refractivity contribution in [1.29, 1.82) is 0 Å². The molecule has 0 saturated carbocycles. The summed E-state index contributed by atoms with van der Waals surface area (Å²) < 4.78 is 11.6. The molecule has 142 valence electrons. The second-order valence-corrected chi connectivity index (χ2v) is 7.08. The molecule has 1 aromatic carbocycles. The van der Waals surface area contributed by atoms with Crippen molar-refractivity contribution >= 4 is 32.6 Å². The van der Waals surface area contributed by atoms with Crippen molar-refractivity contribution in [2.75, 3.05) is 39.1 Å². The van der Waals surface area contributed by atoms with E-state index >= 15 is 0 Å². The average Bonchev–Trinajstić information content (AvgIpc) is 3.31. The predicted octanol–water partition coefficient (Wildman–Crippen LogP) is 0.725. The van der Waals surface area contributed by atoms with Gasteiger partial charge in [-0.25, -0.2) is 4.98 Å². The molecule has 3 heterocycles. The molecule has 1 aliphatic rings. The third-order valence-corrected chi connectivity index (χ3v) is 5.20. The van der Waals surface area contributed by atoms with E-state index in [1.807, 2.05) is 12.1 Å². The Morgan fingerprint density at radius 2 is 2.37 bits per heavy atom. The maximum atomic E-state index is 13.1. The summed E-state index contributed by atoms with van der Waals surface area (Å²) in [5.41, 5.74) is 7.13. The van der Waals surface area contributed by atoms with E-state index in [0.29, 0.717) is 49.4 Å². The molecule has 1 amide bonds. The number of nitrogens with zero attached hydrogens (tertiary/aromatic N) is 6. The predicted molar refractivity (Wildman–Crippen MR) is 98.3 cm³/mol. The number of tetrazole rings is 1. The summed E-state index contributed by atoms with van der Waals surface area (Å²) in [5, 5.41) is 12.8. The lowest BCUT2D eigenvalue weighted by Gasteiger charge is -2.31. The Morgan fingerprint density at radius 3 is 3.22 bits per heavy atom. The summed E-state index contributed by atoms with van der Waals surface area (Å²) in [5.74, 6) is 0.383. The number of methoxy groups -OCH3 is 1. The average molecular weight is 389 g/mol. The molecule has 0 radical (unpaired) electrons. The van der Waals surface area contributed by atoms with Crippen molar-refractivity contribution in [2.45, 2.75) is 12.6 Å². The van der Waals surface area contributed by atoms with Crippen LogP contribution in [-0.2, 0) is 16.0 Å². The number of thiazole rings is 1. The lowest BCUT2D eigenvalue weighted by Crippen LogP contribution is -2.42. The Balaban J connectivity index is 1.52. The van der Waals surface area contributed by atoms with Gasteiger partial charge in [-0.3, -0.25) is 4.79 Å². The second kappa shape index (κ2) is 7.55. The van der Waals surface area contributed by atoms with Gasteiger partial charge in [0.15, 0.2) is 5.13 Å². The number of nitrogen functional groups attached to an aromatic ring is 1. The monoisotopic (exact) mass is 389 g/mol. The molecule has 11 heteroatoms. The minimum absolute atomic E-state index is 0.0793. The van der Waals surface area contributed by atoms with E-state index in [0.717, 1.165) is 10.2 Å². The number of hydrogen-bond acceptors (Lipinski definition) is 9. The summed E-state index contributed by atoms with van der Waals surface area (Å²) in [6, 6.07) is 5.46. The van der Waals surface area contributed by atoms with Gasteiger partial charge in [0.2, 0.25) is 5.82 Å². The molecule has 0 spiro atoms. The molecular weight excluding hydrogens is 370 g/mol. The van der Waals surface area contributed by atoms with Gasteiger partial charge < -0.3 is 20.1 Å². The van der Waals surface area contributed by atoms with Gasteiger partial charge in [-0.15, -0.1) is 10.2 Å². The highest BCUT2D eigenvalue weighted by atomic mass is 32.1. The summed E-state index contributed by atoms with van der Waals surface area (Å²) in [6.45, 7) is 2.27. The fourth-order valence-electron chi connectivity index (χ4n) is 2.95. The quantitative estimate of drug-likeness (QED) is 0.678. The highest BCUT2D eigenvalue weighted by Gasteiger charge is 2.30. The van der Waals surface area contributed by atoms with Gasteiger partial charge in [-0.2, -0.15) is 4.80 Å². The minimum atomic E-state index is -0.412. The van der Waals surface area contributed by atoms with Gasteiger partial charge in [0, 0.05) is 13.7 Å². The van der Waals surface area contributed by atoms with Crippen LogP contribution >= 0.6 is 11.3 Å². The lowest BCUT2D eigenvalue weighted by atomic mass is 10.1. The fraction of sp³-hybridized carbons (Fsp3) is 0.438. The molecular formula is C16H19N7O3S. The molecule has 2 aromatic heterocycles. The van der Waals surface area contributed by atoms with Crippen LogP contribution in [0.4, 0.5) is 5.13 Å². The summed E-state index contributed by atoms with van der Waals surface area (Å²) in [7, 11) is 1.61. The molecule has 1 unspecified atom stereocenters. The number of fused-ring (bicyclic) bond motifs is 1. The molecule has 1 saturated heterocycles. The van der Waals surface area contributed by atoms with Gasteiger partial charge >= 0.3 is 0 Å². The number of ether oxygens (including phenoxy) is 2. The molecule has 3 aromatic rings. The van der Waals surface area contributed by atoms with Crippen LogP contribution in [0.1, 0.15) is 22.3 Å². The number of carbonyl (C=O) groups excluding carboxylic acids is 1. The number of hydrogen-bond donors (Lipinski definition) is 1. The van der Waals surface area contributed by atoms with Crippen LogP contribution < -0.4 is 5.73 Å². The van der Waals surface area contributed by atoms with Gasteiger partial charge in [-0.1, -0.05) is 17.4 Å². The zero-order valence-corrected chi connectivity index (χ0v) is 15.6. The normalized spacial score (nSPS) is 17.5. The van der Waals surface area contributed by atoms with Crippen LogP contribution in [0.2, 0.25) is 0 Å². The molecule has 0 aliphatic carbocycles. The zero-order valence-electron chi connectivity index (χ0n) is 14.7. The third-order valence-electron chi connectivity index (χ3n) is 4.27. The van der Waals surface area contributed by atoms with E-state index < -0.39 is 6.10 Å². The van der Waals surface area contributed by atoms with E-state index in [1.165, 1.54) is 16.1 Å². The Kier molecular flexibility index (Phi) is 4.97. The van der Waals surface area contributed by atoms with Crippen LogP contribution in [0.15, 0.2) is 18.2 Å². The van der Waals surface area contributed by atoms with E-state index in [4.69, 9.17) is 15.2 Å². The van der Waals surface area contributed by atoms with E-state index in [2.05, 4.69) is 20.4 Å². The molecule has 2 N–H and O–H groups in total. The highest BCUT2D eigenvalue weighted by molar-refractivity contribution is 7.22. The molecule has 0 bridgehead atoms. The Labute approximate surface area is 158 Å². The van der Waals surface area contributed by atoms with E-state index in [9.17, 15) is 4.79 Å². The Bertz CT molecular complexity index is 957. The minimum Gasteiger partial charge on any atom is -0.383 e. The smallest absolute Gasteiger partial charge is 0.255 e. The number of rotatable bonds is 5. The standard InChI is InChI=1S/C16H19N7O3S/c1-25-7-6-23-20-14(19-21-23)12-9-22(5-8-26-12)15(24)10-3-2-4-11-13(10)27-16(17)18-11/h2-4,12H,5-9H2,1H3,(H2,17,18). The van der Waals surface area contributed by atoms with Crippen molar-refractivity contribution in [2.24, 2.45) is 0 Å². The van der Waals surface area contributed by atoms with Gasteiger partial charge in [0.05, 0.1) is 42.1 Å². The summed E-state index contributed by atoms with van der Waals surface area (Å²) >= 11 is 1.32. The van der Waals surface area contributed by atoms with E-state index in [1.54, 1.807) is 18.1 Å². The van der Waals surface area contributed by atoms with Crippen molar-refractivity contribution in [3.63, 3.8) is 0 Å². The number of benzene rings is 1. The maximum Gasteiger partial charge on any atom is 0.255 e. The number of anilines is 1. The van der Waals surface area contributed by atoms with Crippen LogP contribution in [0.3, 0.4) is 0 Å². The molecule has 4 rings (SSSR count). The number of aromatic nitrogens is 5. The van der Waals surface area contributed by atoms with Gasteiger partial charge in [0.25, 0.3) is 5.91 Å². The van der Waals surface area contributed by atoms with Crippen LogP contribution in [0, 0.1) is 0 Å². The maximum absolute atomic E-state index is 13.1. The Hall–Kier alpha value is -2.63. The number of carbonyl (C=O) groups is 1. The Morgan fingerprint density at radius 1 is 1.48 bits per heavy atom. The van der Waals surface area contributed by atoms with Crippen LogP contribution in [0.5, 0.6) is 0 Å². The first-order valence-electron chi connectivity index (χ1n) is 8.48. The number of amides is 1. The van der Waals surface area contributed by atoms with Crippen molar-refractivity contribution in [3.05, 3.63) is 29.6 Å². The molecule has 1 fully saturated rings. The van der Waals surface area contributed by atoms with Crippen molar-refractivity contribution in [1.82, 2.24) is 30.1 Å². The fourth-order valence-corrected chi connectivity index (χ4v) is 3.78. The van der Waals surface area contributed by atoms with Gasteiger partial charge in [-0.05, 0) is 17.3 Å². The van der Waals surface area contributed by atoms with Crippen LogP contribution in [-0.4, -0.2) is 69.4 Å². The first-order chi connectivity index (χ1) is 13.2. The van der Waals surface area contributed by atoms with Crippen LogP contribution in [0.25, 0.3) is 10.2 Å². The molecule has 27 heavy (non-hydrogen) atoms.